The number of amides is 1. The van der Waals surface area contributed by atoms with E-state index in [1.54, 1.807) is 17.2 Å². The van der Waals surface area contributed by atoms with Gasteiger partial charge in [-0.2, -0.15) is 5.10 Å². The van der Waals surface area contributed by atoms with Crippen LogP contribution in [0.4, 0.5) is 5.82 Å². The van der Waals surface area contributed by atoms with Crippen molar-refractivity contribution >= 4 is 33.7 Å². The van der Waals surface area contributed by atoms with Gasteiger partial charge in [0, 0.05) is 44.2 Å². The van der Waals surface area contributed by atoms with Crippen molar-refractivity contribution in [2.45, 2.75) is 6.92 Å². The van der Waals surface area contributed by atoms with Gasteiger partial charge in [0.2, 0.25) is 0 Å². The van der Waals surface area contributed by atoms with Crippen LogP contribution < -0.4 is 4.90 Å². The predicted octanol–water partition coefficient (Wildman–Crippen LogP) is 3.85. The zero-order chi connectivity index (χ0) is 23.9. The van der Waals surface area contributed by atoms with E-state index in [1.807, 2.05) is 67.4 Å². The third-order valence-corrected chi connectivity index (χ3v) is 6.64. The number of aromatic nitrogens is 5. The van der Waals surface area contributed by atoms with Gasteiger partial charge in [-0.25, -0.2) is 15.0 Å². The van der Waals surface area contributed by atoms with E-state index in [-0.39, 0.29) is 5.91 Å². The normalized spacial score (nSPS) is 14.1. The highest BCUT2D eigenvalue weighted by molar-refractivity contribution is 6.07. The number of aryl methyl sites for hydroxylation is 2. The molecule has 1 fully saturated rings. The first kappa shape index (κ1) is 21.2. The molecule has 0 saturated carbocycles. The van der Waals surface area contributed by atoms with Crippen molar-refractivity contribution in [2.24, 2.45) is 7.05 Å². The van der Waals surface area contributed by atoms with E-state index in [0.717, 1.165) is 44.6 Å². The second kappa shape index (κ2) is 8.47. The molecule has 2 aromatic carbocycles. The summed E-state index contributed by atoms with van der Waals surface area (Å²) in [5.41, 5.74) is 5.25. The topological polar surface area (TPSA) is 80.0 Å². The maximum absolute atomic E-state index is 13.8. The number of benzene rings is 2. The number of piperazine rings is 1. The lowest BCUT2D eigenvalue weighted by molar-refractivity contribution is 0.0748. The minimum Gasteiger partial charge on any atom is -0.352 e. The lowest BCUT2D eigenvalue weighted by Gasteiger charge is -2.35. The van der Waals surface area contributed by atoms with Crippen molar-refractivity contribution in [1.29, 1.82) is 0 Å². The van der Waals surface area contributed by atoms with Crippen LogP contribution in [0.3, 0.4) is 0 Å². The van der Waals surface area contributed by atoms with Crippen molar-refractivity contribution in [3.8, 4) is 11.3 Å². The van der Waals surface area contributed by atoms with E-state index in [9.17, 15) is 4.79 Å². The molecule has 0 atom stereocenters. The lowest BCUT2D eigenvalue weighted by Crippen LogP contribution is -2.49. The van der Waals surface area contributed by atoms with Gasteiger partial charge in [-0.05, 0) is 25.1 Å². The molecule has 0 N–H and O–H groups in total. The Kier molecular flexibility index (Phi) is 5.13. The molecular weight excluding hydrogens is 438 g/mol. The SMILES string of the molecule is Cc1ccc2nc(-c3ccccc3)cc(C(=O)N3CCN(c4ncnc5c4cnn5C)CC3)c2c1. The third-order valence-electron chi connectivity index (χ3n) is 6.64. The zero-order valence-corrected chi connectivity index (χ0v) is 19.7. The summed E-state index contributed by atoms with van der Waals surface area (Å²) in [6, 6.07) is 18.0. The first-order chi connectivity index (χ1) is 17.1. The molecule has 1 aliphatic heterocycles. The molecule has 0 aliphatic carbocycles. The maximum Gasteiger partial charge on any atom is 0.254 e. The maximum atomic E-state index is 13.8. The van der Waals surface area contributed by atoms with Crippen LogP contribution in [0.15, 0.2) is 67.1 Å². The van der Waals surface area contributed by atoms with Crippen LogP contribution in [0.25, 0.3) is 33.2 Å². The number of hydrogen-bond acceptors (Lipinski definition) is 6. The Hall–Kier alpha value is -4.33. The molecule has 5 aromatic rings. The summed E-state index contributed by atoms with van der Waals surface area (Å²) in [7, 11) is 1.88. The second-order valence-electron chi connectivity index (χ2n) is 8.92. The van der Waals surface area contributed by atoms with Gasteiger partial charge in [0.05, 0.1) is 28.4 Å². The van der Waals surface area contributed by atoms with Crippen LogP contribution >= 0.6 is 0 Å². The van der Waals surface area contributed by atoms with E-state index in [4.69, 9.17) is 4.98 Å². The lowest BCUT2D eigenvalue weighted by atomic mass is 10.0. The van der Waals surface area contributed by atoms with E-state index < -0.39 is 0 Å². The number of pyridine rings is 1. The standard InChI is InChI=1S/C27H25N7O/c1-18-8-9-23-20(14-18)21(15-24(31-23)19-6-4-3-5-7-19)27(35)34-12-10-33(11-13-34)26-22-16-30-32(2)25(22)28-17-29-26/h3-9,14-17H,10-13H2,1-2H3. The molecule has 174 valence electrons. The van der Waals surface area contributed by atoms with Gasteiger partial charge in [-0.3, -0.25) is 9.48 Å². The average Bonchev–Trinajstić information content (AvgIpc) is 3.29. The van der Waals surface area contributed by atoms with Crippen molar-refractivity contribution < 1.29 is 4.79 Å². The van der Waals surface area contributed by atoms with Crippen molar-refractivity contribution in [3.05, 3.63) is 78.2 Å². The smallest absolute Gasteiger partial charge is 0.254 e. The molecular formula is C27H25N7O. The third kappa shape index (κ3) is 3.77. The van der Waals surface area contributed by atoms with Gasteiger partial charge in [0.1, 0.15) is 12.1 Å². The van der Waals surface area contributed by atoms with Gasteiger partial charge >= 0.3 is 0 Å². The summed E-state index contributed by atoms with van der Waals surface area (Å²) < 4.78 is 1.75. The average molecular weight is 464 g/mol. The van der Waals surface area contributed by atoms with Crippen molar-refractivity contribution in [1.82, 2.24) is 29.6 Å². The molecule has 0 bridgehead atoms. The molecule has 1 saturated heterocycles. The number of rotatable bonds is 3. The summed E-state index contributed by atoms with van der Waals surface area (Å²) in [6.45, 7) is 4.65. The van der Waals surface area contributed by atoms with Crippen LogP contribution in [0, 0.1) is 6.92 Å². The minimum atomic E-state index is 0.0362. The highest BCUT2D eigenvalue weighted by Gasteiger charge is 2.26. The molecule has 8 nitrogen and oxygen atoms in total. The highest BCUT2D eigenvalue weighted by atomic mass is 16.2. The number of hydrogen-bond donors (Lipinski definition) is 0. The monoisotopic (exact) mass is 463 g/mol. The van der Waals surface area contributed by atoms with Crippen LogP contribution in [0.1, 0.15) is 15.9 Å². The molecule has 8 heteroatoms. The zero-order valence-electron chi connectivity index (χ0n) is 19.7. The first-order valence-corrected chi connectivity index (χ1v) is 11.7. The molecule has 0 spiro atoms. The molecule has 1 amide bonds. The van der Waals surface area contributed by atoms with Gasteiger partial charge in [-0.15, -0.1) is 0 Å². The summed E-state index contributed by atoms with van der Waals surface area (Å²) in [5, 5.41) is 6.14. The molecule has 0 radical (unpaired) electrons. The highest BCUT2D eigenvalue weighted by Crippen LogP contribution is 2.28. The summed E-state index contributed by atoms with van der Waals surface area (Å²) in [6.07, 6.45) is 3.38. The number of nitrogens with zero attached hydrogens (tertiary/aromatic N) is 7. The largest absolute Gasteiger partial charge is 0.352 e. The number of carbonyl (C=O) groups is 1. The number of anilines is 1. The van der Waals surface area contributed by atoms with E-state index >= 15 is 0 Å². The summed E-state index contributed by atoms with van der Waals surface area (Å²) >= 11 is 0. The fraction of sp³-hybridized carbons (Fsp3) is 0.222. The second-order valence-corrected chi connectivity index (χ2v) is 8.92. The number of carbonyl (C=O) groups excluding carboxylic acids is 1. The van der Waals surface area contributed by atoms with Gasteiger partial charge in [0.15, 0.2) is 5.65 Å². The van der Waals surface area contributed by atoms with Crippen molar-refractivity contribution in [3.63, 3.8) is 0 Å². The first-order valence-electron chi connectivity index (χ1n) is 11.7. The van der Waals surface area contributed by atoms with Gasteiger partial charge in [-0.1, -0.05) is 42.0 Å². The van der Waals surface area contributed by atoms with Crippen LogP contribution in [0.5, 0.6) is 0 Å². The minimum absolute atomic E-state index is 0.0362. The molecule has 35 heavy (non-hydrogen) atoms. The summed E-state index contributed by atoms with van der Waals surface area (Å²) in [5.74, 6) is 0.903. The number of fused-ring (bicyclic) bond motifs is 2. The fourth-order valence-electron chi connectivity index (χ4n) is 4.77. The molecule has 3 aromatic heterocycles. The van der Waals surface area contributed by atoms with Crippen LogP contribution in [-0.4, -0.2) is 61.7 Å². The quantitative estimate of drug-likeness (QED) is 0.404. The Morgan fingerprint density at radius 3 is 2.51 bits per heavy atom. The Morgan fingerprint density at radius 2 is 1.71 bits per heavy atom. The van der Waals surface area contributed by atoms with E-state index in [1.165, 1.54) is 0 Å². The fourth-order valence-corrected chi connectivity index (χ4v) is 4.77. The molecule has 1 aliphatic rings. The van der Waals surface area contributed by atoms with Gasteiger partial charge in [0.25, 0.3) is 5.91 Å². The Bertz CT molecular complexity index is 1550. The Balaban J connectivity index is 1.31. The molecule has 4 heterocycles. The Morgan fingerprint density at radius 1 is 0.914 bits per heavy atom. The van der Waals surface area contributed by atoms with Crippen LogP contribution in [-0.2, 0) is 7.05 Å². The predicted molar refractivity (Wildman–Crippen MR) is 136 cm³/mol. The van der Waals surface area contributed by atoms with E-state index in [0.29, 0.717) is 31.7 Å². The summed E-state index contributed by atoms with van der Waals surface area (Å²) in [4.78, 5) is 31.7. The molecule has 0 unspecified atom stereocenters. The van der Waals surface area contributed by atoms with E-state index in [2.05, 4.69) is 26.0 Å². The Labute approximate surface area is 202 Å². The molecule has 6 rings (SSSR count). The van der Waals surface area contributed by atoms with Gasteiger partial charge < -0.3 is 9.80 Å². The van der Waals surface area contributed by atoms with Crippen LogP contribution in [0.2, 0.25) is 0 Å². The van der Waals surface area contributed by atoms with Crippen molar-refractivity contribution in [2.75, 3.05) is 31.1 Å².